The van der Waals surface area contributed by atoms with Gasteiger partial charge in [-0.2, -0.15) is 10.2 Å². The van der Waals surface area contributed by atoms with Gasteiger partial charge < -0.3 is 10.6 Å². The minimum absolute atomic E-state index is 0.100. The smallest absolute Gasteiger partial charge is 0.270 e. The Labute approximate surface area is 149 Å². The highest BCUT2D eigenvalue weighted by Crippen LogP contribution is 2.25. The average molecular weight is 358 g/mol. The number of aryl methyl sites for hydroxylation is 1. The van der Waals surface area contributed by atoms with Gasteiger partial charge in [0.15, 0.2) is 0 Å². The molecule has 1 aliphatic rings. The van der Waals surface area contributed by atoms with Crippen molar-refractivity contribution >= 4 is 23.2 Å². The van der Waals surface area contributed by atoms with Crippen molar-refractivity contribution in [3.8, 4) is 0 Å². The fraction of sp³-hybridized carbons (Fsp3) is 0.294. The molecule has 2 heterocycles. The van der Waals surface area contributed by atoms with Gasteiger partial charge in [-0.3, -0.25) is 19.3 Å². The molecular formula is C17H19FN6O2. The molecule has 0 bridgehead atoms. The second-order valence-electron chi connectivity index (χ2n) is 6.17. The van der Waals surface area contributed by atoms with E-state index in [1.165, 1.54) is 34.2 Å². The minimum atomic E-state index is -0.786. The van der Waals surface area contributed by atoms with E-state index in [4.69, 9.17) is 5.73 Å². The number of benzene rings is 1. The molecule has 8 nitrogen and oxygen atoms in total. The van der Waals surface area contributed by atoms with Crippen LogP contribution in [0.4, 0.5) is 10.1 Å². The maximum Gasteiger partial charge on any atom is 0.270 e. The molecule has 1 aliphatic heterocycles. The monoisotopic (exact) mass is 358 g/mol. The first kappa shape index (κ1) is 17.6. The zero-order valence-corrected chi connectivity index (χ0v) is 14.5. The molecular weight excluding hydrogens is 339 g/mol. The Kier molecular flexibility index (Phi) is 4.70. The third kappa shape index (κ3) is 3.56. The summed E-state index contributed by atoms with van der Waals surface area (Å²) in [5, 5.41) is 9.71. The van der Waals surface area contributed by atoms with Crippen LogP contribution in [0.2, 0.25) is 0 Å². The summed E-state index contributed by atoms with van der Waals surface area (Å²) in [7, 11) is 3.45. The van der Waals surface area contributed by atoms with Gasteiger partial charge in [-0.25, -0.2) is 4.39 Å². The predicted octanol–water partition coefficient (Wildman–Crippen LogP) is 0.638. The first-order chi connectivity index (χ1) is 12.3. The van der Waals surface area contributed by atoms with Crippen molar-refractivity contribution in [2.24, 2.45) is 17.9 Å². The highest BCUT2D eigenvalue weighted by molar-refractivity contribution is 6.40. The predicted molar refractivity (Wildman–Crippen MR) is 93.6 cm³/mol. The fourth-order valence-corrected chi connectivity index (χ4v) is 2.81. The second kappa shape index (κ2) is 6.95. The van der Waals surface area contributed by atoms with Crippen LogP contribution >= 0.6 is 0 Å². The van der Waals surface area contributed by atoms with Crippen molar-refractivity contribution in [3.05, 3.63) is 48.0 Å². The number of carbonyl (C=O) groups excluding carboxylic acids is 2. The second-order valence-corrected chi connectivity index (χ2v) is 6.17. The van der Waals surface area contributed by atoms with Gasteiger partial charge >= 0.3 is 0 Å². The summed E-state index contributed by atoms with van der Waals surface area (Å²) in [6.07, 6.45) is 3.59. The van der Waals surface area contributed by atoms with E-state index in [1.54, 1.807) is 25.0 Å². The SMILES string of the molecule is CN(Cc1cnn(C)c1)C(=O)C1=NN(c2ccc(F)cc2)C(C(N)=O)C1. The minimum Gasteiger partial charge on any atom is -0.368 e. The highest BCUT2D eigenvalue weighted by atomic mass is 19.1. The summed E-state index contributed by atoms with van der Waals surface area (Å²) in [5.74, 6) is -1.31. The number of halogens is 1. The van der Waals surface area contributed by atoms with Crippen LogP contribution in [0.25, 0.3) is 0 Å². The van der Waals surface area contributed by atoms with Crippen LogP contribution < -0.4 is 10.7 Å². The number of nitrogens with zero attached hydrogens (tertiary/aromatic N) is 5. The third-order valence-electron chi connectivity index (χ3n) is 4.10. The van der Waals surface area contributed by atoms with Gasteiger partial charge in [-0.05, 0) is 24.3 Å². The molecule has 0 aliphatic carbocycles. The van der Waals surface area contributed by atoms with Gasteiger partial charge in [0, 0.05) is 38.8 Å². The number of rotatable bonds is 5. The average Bonchev–Trinajstić information content (AvgIpc) is 3.21. The molecule has 26 heavy (non-hydrogen) atoms. The molecule has 0 fully saturated rings. The number of amides is 2. The lowest BCUT2D eigenvalue weighted by atomic mass is 10.1. The van der Waals surface area contributed by atoms with Crippen LogP contribution in [-0.4, -0.2) is 45.3 Å². The largest absolute Gasteiger partial charge is 0.368 e. The number of aromatic nitrogens is 2. The van der Waals surface area contributed by atoms with E-state index in [9.17, 15) is 14.0 Å². The quantitative estimate of drug-likeness (QED) is 0.848. The number of primary amides is 1. The molecule has 0 saturated heterocycles. The van der Waals surface area contributed by atoms with Crippen molar-refractivity contribution in [1.82, 2.24) is 14.7 Å². The summed E-state index contributed by atoms with van der Waals surface area (Å²) in [6, 6.07) is 4.71. The maximum atomic E-state index is 13.1. The standard InChI is InChI=1S/C17H19FN6O2/c1-22(9-11-8-20-23(2)10-11)17(26)14-7-15(16(19)25)24(21-14)13-5-3-12(18)4-6-13/h3-6,8,10,15H,7,9H2,1-2H3,(H2,19,25). The summed E-state index contributed by atoms with van der Waals surface area (Å²) in [4.78, 5) is 26.0. The number of anilines is 1. The lowest BCUT2D eigenvalue weighted by molar-refractivity contribution is -0.123. The summed E-state index contributed by atoms with van der Waals surface area (Å²) in [6.45, 7) is 0.365. The van der Waals surface area contributed by atoms with E-state index in [-0.39, 0.29) is 18.0 Å². The van der Waals surface area contributed by atoms with Crippen molar-refractivity contribution in [3.63, 3.8) is 0 Å². The maximum absolute atomic E-state index is 13.1. The van der Waals surface area contributed by atoms with E-state index < -0.39 is 17.8 Å². The Morgan fingerprint density at radius 1 is 1.35 bits per heavy atom. The molecule has 0 saturated carbocycles. The number of carbonyl (C=O) groups is 2. The molecule has 3 rings (SSSR count). The Morgan fingerprint density at radius 2 is 2.04 bits per heavy atom. The molecule has 136 valence electrons. The van der Waals surface area contributed by atoms with Crippen LogP contribution in [0.15, 0.2) is 41.8 Å². The molecule has 2 N–H and O–H groups in total. The topological polar surface area (TPSA) is 96.8 Å². The summed E-state index contributed by atoms with van der Waals surface area (Å²) >= 11 is 0. The fourth-order valence-electron chi connectivity index (χ4n) is 2.81. The first-order valence-electron chi connectivity index (χ1n) is 7.99. The first-order valence-corrected chi connectivity index (χ1v) is 7.99. The van der Waals surface area contributed by atoms with E-state index in [0.717, 1.165) is 5.56 Å². The van der Waals surface area contributed by atoms with E-state index >= 15 is 0 Å². The van der Waals surface area contributed by atoms with Crippen LogP contribution in [0, 0.1) is 5.82 Å². The number of hydrogen-bond acceptors (Lipinski definition) is 5. The molecule has 1 aromatic heterocycles. The van der Waals surface area contributed by atoms with Gasteiger partial charge in [0.05, 0.1) is 11.9 Å². The Hall–Kier alpha value is -3.23. The van der Waals surface area contributed by atoms with Gasteiger partial charge in [0.25, 0.3) is 5.91 Å². The Bertz CT molecular complexity index is 860. The zero-order valence-electron chi connectivity index (χ0n) is 14.5. The Balaban J connectivity index is 1.80. The van der Waals surface area contributed by atoms with Crippen LogP contribution in [0.1, 0.15) is 12.0 Å². The normalized spacial score (nSPS) is 16.5. The van der Waals surface area contributed by atoms with Gasteiger partial charge in [0.2, 0.25) is 5.91 Å². The highest BCUT2D eigenvalue weighted by Gasteiger charge is 2.36. The van der Waals surface area contributed by atoms with Crippen molar-refractivity contribution in [2.45, 2.75) is 19.0 Å². The van der Waals surface area contributed by atoms with E-state index in [2.05, 4.69) is 10.2 Å². The number of hydrogen-bond donors (Lipinski definition) is 1. The molecule has 1 unspecified atom stereocenters. The zero-order chi connectivity index (χ0) is 18.8. The lowest BCUT2D eigenvalue weighted by Crippen LogP contribution is -2.40. The van der Waals surface area contributed by atoms with Crippen molar-refractivity contribution in [1.29, 1.82) is 0 Å². The molecule has 9 heteroatoms. The van der Waals surface area contributed by atoms with Crippen LogP contribution in [-0.2, 0) is 23.2 Å². The van der Waals surface area contributed by atoms with Gasteiger partial charge in [-0.1, -0.05) is 0 Å². The summed E-state index contributed by atoms with van der Waals surface area (Å²) in [5.41, 5.74) is 7.05. The van der Waals surface area contributed by atoms with Gasteiger partial charge in [-0.15, -0.1) is 0 Å². The molecule has 1 atom stereocenters. The molecule has 0 radical (unpaired) electrons. The summed E-state index contributed by atoms with van der Waals surface area (Å²) < 4.78 is 14.8. The lowest BCUT2D eigenvalue weighted by Gasteiger charge is -2.20. The Morgan fingerprint density at radius 3 is 2.62 bits per heavy atom. The number of hydrazone groups is 1. The van der Waals surface area contributed by atoms with Crippen molar-refractivity contribution in [2.75, 3.05) is 12.1 Å². The molecule has 0 spiro atoms. The van der Waals surface area contributed by atoms with E-state index in [1.807, 2.05) is 6.20 Å². The van der Waals surface area contributed by atoms with Crippen molar-refractivity contribution < 1.29 is 14.0 Å². The van der Waals surface area contributed by atoms with Crippen LogP contribution in [0.5, 0.6) is 0 Å². The number of nitrogens with two attached hydrogens (primary N) is 1. The molecule has 1 aromatic carbocycles. The van der Waals surface area contributed by atoms with Gasteiger partial charge in [0.1, 0.15) is 17.6 Å². The van der Waals surface area contributed by atoms with Crippen LogP contribution in [0.3, 0.4) is 0 Å². The van der Waals surface area contributed by atoms with E-state index in [0.29, 0.717) is 12.2 Å². The molecule has 2 amide bonds. The molecule has 2 aromatic rings. The third-order valence-corrected chi connectivity index (χ3v) is 4.10.